The van der Waals surface area contributed by atoms with Crippen LogP contribution >= 0.6 is 11.6 Å². The van der Waals surface area contributed by atoms with Crippen molar-refractivity contribution >= 4 is 11.6 Å². The minimum absolute atomic E-state index is 0.162. The summed E-state index contributed by atoms with van der Waals surface area (Å²) in [6.45, 7) is 1.89. The first-order chi connectivity index (χ1) is 12.4. The Balaban J connectivity index is 1.99. The number of H-pyrrole nitrogens is 1. The molecule has 1 heterocycles. The first-order valence-corrected chi connectivity index (χ1v) is 8.48. The fraction of sp³-hybridized carbons (Fsp3) is 0.211. The molecule has 0 aliphatic rings. The number of aliphatic hydroxyl groups is 1. The van der Waals surface area contributed by atoms with Crippen LogP contribution in [0, 0.1) is 5.82 Å². The van der Waals surface area contributed by atoms with Crippen LogP contribution in [0.2, 0.25) is 5.02 Å². The summed E-state index contributed by atoms with van der Waals surface area (Å²) < 4.78 is 13.3. The van der Waals surface area contributed by atoms with Crippen LogP contribution in [0.1, 0.15) is 23.7 Å². The first-order valence-electron chi connectivity index (χ1n) is 8.11. The summed E-state index contributed by atoms with van der Waals surface area (Å²) in [6, 6.07) is 9.73. The van der Waals surface area contributed by atoms with E-state index in [1.807, 2.05) is 6.92 Å². The number of nitrogens with one attached hydrogen (secondary N) is 2. The second kappa shape index (κ2) is 7.45. The molecule has 1 aromatic heterocycles. The third kappa shape index (κ3) is 3.88. The largest absolute Gasteiger partial charge is 0.507 e. The van der Waals surface area contributed by atoms with E-state index in [4.69, 9.17) is 11.6 Å². The monoisotopic (exact) mass is 375 g/mol. The Bertz CT molecular complexity index is 871. The third-order valence-electron chi connectivity index (χ3n) is 4.15. The van der Waals surface area contributed by atoms with Gasteiger partial charge in [-0.15, -0.1) is 0 Å². The lowest BCUT2D eigenvalue weighted by molar-refractivity contribution is 0.0299. The van der Waals surface area contributed by atoms with Crippen LogP contribution in [0.25, 0.3) is 0 Å². The van der Waals surface area contributed by atoms with E-state index in [0.29, 0.717) is 17.0 Å². The summed E-state index contributed by atoms with van der Waals surface area (Å²) in [4.78, 5) is 6.99. The minimum Gasteiger partial charge on any atom is -0.507 e. The van der Waals surface area contributed by atoms with E-state index in [1.165, 1.54) is 36.4 Å². The van der Waals surface area contributed by atoms with Crippen molar-refractivity contribution in [3.63, 3.8) is 0 Å². The van der Waals surface area contributed by atoms with Gasteiger partial charge in [0.1, 0.15) is 11.6 Å². The normalized spacial score (nSPS) is 14.8. The Labute approximate surface area is 155 Å². The highest BCUT2D eigenvalue weighted by Gasteiger charge is 2.35. The Morgan fingerprint density at radius 1 is 1.27 bits per heavy atom. The highest BCUT2D eigenvalue weighted by Crippen LogP contribution is 2.35. The number of rotatable bonds is 6. The molecule has 0 aliphatic heterocycles. The Hall–Kier alpha value is -2.41. The molecule has 3 rings (SSSR count). The van der Waals surface area contributed by atoms with Crippen molar-refractivity contribution in [3.05, 3.63) is 82.6 Å². The molecule has 4 N–H and O–H groups in total. The van der Waals surface area contributed by atoms with Crippen molar-refractivity contribution in [1.29, 1.82) is 0 Å². The number of hydrogen-bond acceptors (Lipinski definition) is 4. The van der Waals surface area contributed by atoms with Gasteiger partial charge in [0.05, 0.1) is 6.33 Å². The molecule has 0 radical (unpaired) electrons. The number of hydrogen-bond donors (Lipinski definition) is 4. The molecule has 26 heavy (non-hydrogen) atoms. The van der Waals surface area contributed by atoms with Crippen molar-refractivity contribution < 1.29 is 14.6 Å². The molecule has 0 fully saturated rings. The molecule has 0 bridgehead atoms. The molecule has 3 aromatic rings. The van der Waals surface area contributed by atoms with Gasteiger partial charge in [0, 0.05) is 40.5 Å². The van der Waals surface area contributed by atoms with Gasteiger partial charge >= 0.3 is 0 Å². The predicted molar refractivity (Wildman–Crippen MR) is 97.4 cm³/mol. The van der Waals surface area contributed by atoms with Crippen molar-refractivity contribution in [2.45, 2.75) is 25.1 Å². The average molecular weight is 376 g/mol. The standard InChI is InChI=1S/C19H19ClFN3O2/c1-12(8-16-10-22-11-23-16)24-19(26,13-2-5-15(21)6-3-13)17-7-4-14(20)9-18(17)25/h2-7,9-12,24-26H,8H2,1H3,(H,22,23)/t12-,19?/m1/s1. The van der Waals surface area contributed by atoms with Gasteiger partial charge < -0.3 is 15.2 Å². The van der Waals surface area contributed by atoms with Gasteiger partial charge in [-0.2, -0.15) is 0 Å². The highest BCUT2D eigenvalue weighted by molar-refractivity contribution is 6.30. The summed E-state index contributed by atoms with van der Waals surface area (Å²) in [7, 11) is 0. The van der Waals surface area contributed by atoms with Crippen molar-refractivity contribution in [1.82, 2.24) is 15.3 Å². The fourth-order valence-electron chi connectivity index (χ4n) is 2.95. The molecule has 2 atom stereocenters. The molecule has 0 aliphatic carbocycles. The third-order valence-corrected chi connectivity index (χ3v) is 4.38. The van der Waals surface area contributed by atoms with E-state index in [2.05, 4.69) is 15.3 Å². The number of benzene rings is 2. The number of nitrogens with zero attached hydrogens (tertiary/aromatic N) is 1. The maximum Gasteiger partial charge on any atom is 0.172 e. The summed E-state index contributed by atoms with van der Waals surface area (Å²) >= 11 is 5.91. The molecule has 0 saturated carbocycles. The van der Waals surface area contributed by atoms with Crippen LogP contribution in [0.4, 0.5) is 4.39 Å². The fourth-order valence-corrected chi connectivity index (χ4v) is 3.12. The lowest BCUT2D eigenvalue weighted by Gasteiger charge is -2.34. The van der Waals surface area contributed by atoms with Gasteiger partial charge in [-0.1, -0.05) is 23.7 Å². The summed E-state index contributed by atoms with van der Waals surface area (Å²) in [6.07, 6.45) is 3.85. The maximum absolute atomic E-state index is 13.3. The van der Waals surface area contributed by atoms with Crippen LogP contribution in [0.3, 0.4) is 0 Å². The zero-order valence-electron chi connectivity index (χ0n) is 14.1. The van der Waals surface area contributed by atoms with E-state index < -0.39 is 11.5 Å². The van der Waals surface area contributed by atoms with Crippen LogP contribution in [-0.4, -0.2) is 26.2 Å². The molecule has 0 amide bonds. The van der Waals surface area contributed by atoms with Crippen molar-refractivity contribution in [2.24, 2.45) is 0 Å². The quantitative estimate of drug-likeness (QED) is 0.498. The predicted octanol–water partition coefficient (Wildman–Crippen LogP) is 3.32. The number of phenols is 1. The summed E-state index contributed by atoms with van der Waals surface area (Å²) in [5, 5.41) is 25.3. The Morgan fingerprint density at radius 2 is 2.00 bits per heavy atom. The van der Waals surface area contributed by atoms with E-state index in [1.54, 1.807) is 18.6 Å². The van der Waals surface area contributed by atoms with Crippen molar-refractivity contribution in [2.75, 3.05) is 0 Å². The van der Waals surface area contributed by atoms with E-state index >= 15 is 0 Å². The molecular formula is C19H19ClFN3O2. The molecule has 2 aromatic carbocycles. The minimum atomic E-state index is -1.73. The average Bonchev–Trinajstić information content (AvgIpc) is 3.07. The van der Waals surface area contributed by atoms with E-state index in [-0.39, 0.29) is 17.4 Å². The molecule has 0 spiro atoms. The van der Waals surface area contributed by atoms with Crippen LogP contribution in [-0.2, 0) is 12.1 Å². The van der Waals surface area contributed by atoms with Gasteiger partial charge in [-0.25, -0.2) is 9.37 Å². The number of aromatic hydroxyl groups is 1. The van der Waals surface area contributed by atoms with Gasteiger partial charge in [0.2, 0.25) is 0 Å². The second-order valence-electron chi connectivity index (χ2n) is 6.21. The van der Waals surface area contributed by atoms with Crippen LogP contribution in [0.15, 0.2) is 55.0 Å². The Morgan fingerprint density at radius 3 is 2.62 bits per heavy atom. The lowest BCUT2D eigenvalue weighted by Crippen LogP contribution is -2.48. The first kappa shape index (κ1) is 18.4. The SMILES string of the molecule is C[C@H](Cc1cnc[nH]1)NC(O)(c1ccc(F)cc1)c1ccc(Cl)cc1O. The number of aromatic nitrogens is 2. The zero-order valence-corrected chi connectivity index (χ0v) is 14.8. The van der Waals surface area contributed by atoms with Gasteiger partial charge in [-0.05, 0) is 37.3 Å². The smallest absolute Gasteiger partial charge is 0.172 e. The van der Waals surface area contributed by atoms with Gasteiger partial charge in [0.25, 0.3) is 0 Å². The second-order valence-corrected chi connectivity index (χ2v) is 6.64. The lowest BCUT2D eigenvalue weighted by atomic mass is 9.92. The number of halogens is 2. The van der Waals surface area contributed by atoms with Crippen LogP contribution < -0.4 is 5.32 Å². The molecule has 136 valence electrons. The Kier molecular flexibility index (Phi) is 5.27. The van der Waals surface area contributed by atoms with Crippen LogP contribution in [0.5, 0.6) is 5.75 Å². The topological polar surface area (TPSA) is 81.2 Å². The summed E-state index contributed by atoms with van der Waals surface area (Å²) in [5.41, 5.74) is -0.216. The van der Waals surface area contributed by atoms with Gasteiger partial charge in [0.15, 0.2) is 5.72 Å². The molecule has 5 nitrogen and oxygen atoms in total. The zero-order chi connectivity index (χ0) is 18.7. The number of imidazole rings is 1. The number of aromatic amines is 1. The molecule has 1 unspecified atom stereocenters. The van der Waals surface area contributed by atoms with Crippen molar-refractivity contribution in [3.8, 4) is 5.75 Å². The maximum atomic E-state index is 13.3. The summed E-state index contributed by atoms with van der Waals surface area (Å²) in [5.74, 6) is -0.576. The van der Waals surface area contributed by atoms with E-state index in [0.717, 1.165) is 5.69 Å². The molecule has 7 heteroatoms. The van der Waals surface area contributed by atoms with Gasteiger partial charge in [-0.3, -0.25) is 5.32 Å². The highest BCUT2D eigenvalue weighted by atomic mass is 35.5. The molecule has 0 saturated heterocycles. The molecular weight excluding hydrogens is 357 g/mol. The number of phenolic OH excluding ortho intramolecular Hbond substituents is 1. The van der Waals surface area contributed by atoms with E-state index in [9.17, 15) is 14.6 Å².